The number of amides is 2. The van der Waals surface area contributed by atoms with Crippen LogP contribution in [0.25, 0.3) is 10.8 Å². The van der Waals surface area contributed by atoms with Crippen LogP contribution < -0.4 is 4.74 Å². The van der Waals surface area contributed by atoms with E-state index in [2.05, 4.69) is 27.4 Å². The standard InChI is InChI=1S/C31H41NO5/c1-19(2)22-13-12-21(5)18-27(22)37-26-15-14-25-28-23(26)10-9-11-24(28)29(33)32(30(25)34)16-7-6-8-17-36-31(35)20(3)4/h9-11,14-15,19,21-22,27,31,35H,3,6-8,12-13,16-18H2,1-2,4-5H3. The summed E-state index contributed by atoms with van der Waals surface area (Å²) in [4.78, 5) is 28.1. The van der Waals surface area contributed by atoms with Crippen molar-refractivity contribution in [2.45, 2.75) is 78.6 Å². The van der Waals surface area contributed by atoms with Gasteiger partial charge in [0.15, 0.2) is 6.29 Å². The van der Waals surface area contributed by atoms with E-state index in [4.69, 9.17) is 9.47 Å². The highest BCUT2D eigenvalue weighted by atomic mass is 16.6. The summed E-state index contributed by atoms with van der Waals surface area (Å²) in [6.07, 6.45) is 4.78. The Morgan fingerprint density at radius 2 is 1.81 bits per heavy atom. The summed E-state index contributed by atoms with van der Waals surface area (Å²) in [6.45, 7) is 12.9. The van der Waals surface area contributed by atoms with Gasteiger partial charge in [-0.05, 0) is 80.6 Å². The van der Waals surface area contributed by atoms with Gasteiger partial charge in [0.25, 0.3) is 11.8 Å². The molecule has 2 aromatic carbocycles. The molecule has 4 atom stereocenters. The predicted octanol–water partition coefficient (Wildman–Crippen LogP) is 6.36. The van der Waals surface area contributed by atoms with Crippen molar-refractivity contribution in [3.8, 4) is 5.75 Å². The van der Waals surface area contributed by atoms with Crippen LogP contribution >= 0.6 is 0 Å². The van der Waals surface area contributed by atoms with E-state index < -0.39 is 6.29 Å². The number of ether oxygens (including phenoxy) is 2. The fourth-order valence-corrected chi connectivity index (χ4v) is 5.72. The summed E-state index contributed by atoms with van der Waals surface area (Å²) >= 11 is 0. The van der Waals surface area contributed by atoms with E-state index in [-0.39, 0.29) is 17.9 Å². The number of imide groups is 1. The van der Waals surface area contributed by atoms with Gasteiger partial charge in [-0.25, -0.2) is 0 Å². The first-order chi connectivity index (χ1) is 17.7. The normalized spacial score (nSPS) is 22.5. The number of hydrogen-bond donors (Lipinski definition) is 1. The average molecular weight is 508 g/mol. The summed E-state index contributed by atoms with van der Waals surface area (Å²) < 4.78 is 12.0. The molecule has 0 radical (unpaired) electrons. The molecule has 1 aliphatic heterocycles. The predicted molar refractivity (Wildman–Crippen MR) is 146 cm³/mol. The van der Waals surface area contributed by atoms with Gasteiger partial charge >= 0.3 is 0 Å². The van der Waals surface area contributed by atoms with E-state index >= 15 is 0 Å². The van der Waals surface area contributed by atoms with Crippen LogP contribution in [0.3, 0.4) is 0 Å². The summed E-state index contributed by atoms with van der Waals surface area (Å²) in [5.74, 6) is 1.92. The molecule has 1 saturated carbocycles. The number of nitrogens with zero attached hydrogens (tertiary/aromatic N) is 1. The molecule has 37 heavy (non-hydrogen) atoms. The molecule has 2 aromatic rings. The van der Waals surface area contributed by atoms with Crippen molar-refractivity contribution in [2.75, 3.05) is 13.2 Å². The molecule has 6 heteroatoms. The molecule has 4 unspecified atom stereocenters. The molecule has 2 aliphatic rings. The van der Waals surface area contributed by atoms with Gasteiger partial charge in [0.05, 0.1) is 6.61 Å². The van der Waals surface area contributed by atoms with Gasteiger partial charge in [0.1, 0.15) is 11.9 Å². The Labute approximate surface area is 220 Å². The van der Waals surface area contributed by atoms with Crippen LogP contribution in [0, 0.1) is 17.8 Å². The third kappa shape index (κ3) is 5.91. The molecular formula is C31H41NO5. The quantitative estimate of drug-likeness (QED) is 0.166. The van der Waals surface area contributed by atoms with Crippen molar-refractivity contribution in [1.82, 2.24) is 4.90 Å². The average Bonchev–Trinajstić information content (AvgIpc) is 2.86. The van der Waals surface area contributed by atoms with Crippen LogP contribution in [0.5, 0.6) is 5.75 Å². The molecule has 0 spiro atoms. The van der Waals surface area contributed by atoms with Gasteiger partial charge in [-0.2, -0.15) is 0 Å². The van der Waals surface area contributed by atoms with Crippen molar-refractivity contribution in [2.24, 2.45) is 17.8 Å². The summed E-state index contributed by atoms with van der Waals surface area (Å²) in [5, 5.41) is 11.2. The smallest absolute Gasteiger partial charge is 0.261 e. The molecule has 200 valence electrons. The summed E-state index contributed by atoms with van der Waals surface area (Å²) in [5.41, 5.74) is 1.68. The molecule has 6 nitrogen and oxygen atoms in total. The Balaban J connectivity index is 1.48. The molecule has 0 aromatic heterocycles. The lowest BCUT2D eigenvalue weighted by Crippen LogP contribution is -2.41. The number of aliphatic hydroxyl groups excluding tert-OH is 1. The Hall–Kier alpha value is -2.70. The lowest BCUT2D eigenvalue weighted by Gasteiger charge is -2.37. The fraction of sp³-hybridized carbons (Fsp3) is 0.548. The van der Waals surface area contributed by atoms with Crippen molar-refractivity contribution in [3.63, 3.8) is 0 Å². The molecule has 0 bridgehead atoms. The maximum absolute atomic E-state index is 13.4. The second-order valence-electron chi connectivity index (χ2n) is 11.2. The summed E-state index contributed by atoms with van der Waals surface area (Å²) in [7, 11) is 0. The van der Waals surface area contributed by atoms with Crippen molar-refractivity contribution in [1.29, 1.82) is 0 Å². The van der Waals surface area contributed by atoms with Crippen molar-refractivity contribution in [3.05, 3.63) is 53.6 Å². The maximum atomic E-state index is 13.4. The molecule has 0 saturated heterocycles. The fourth-order valence-electron chi connectivity index (χ4n) is 5.72. The number of rotatable bonds is 11. The molecular weight excluding hydrogens is 466 g/mol. The number of carbonyl (C=O) groups is 2. The van der Waals surface area contributed by atoms with Crippen LogP contribution in [0.4, 0.5) is 0 Å². The third-order valence-corrected chi connectivity index (χ3v) is 7.91. The first kappa shape index (κ1) is 27.3. The van der Waals surface area contributed by atoms with E-state index in [1.54, 1.807) is 6.92 Å². The van der Waals surface area contributed by atoms with Crippen molar-refractivity contribution < 1.29 is 24.2 Å². The minimum Gasteiger partial charge on any atom is -0.489 e. The Morgan fingerprint density at radius 1 is 1.08 bits per heavy atom. The Bertz CT molecular complexity index is 1130. The Kier molecular flexibility index (Phi) is 8.71. The lowest BCUT2D eigenvalue weighted by molar-refractivity contribution is -0.0727. The maximum Gasteiger partial charge on any atom is 0.261 e. The second kappa shape index (κ2) is 11.8. The number of aliphatic hydroxyl groups is 1. The summed E-state index contributed by atoms with van der Waals surface area (Å²) in [6, 6.07) is 9.39. The molecule has 1 aliphatic carbocycles. The van der Waals surface area contributed by atoms with Crippen LogP contribution in [0.1, 0.15) is 86.9 Å². The number of benzene rings is 2. The highest BCUT2D eigenvalue weighted by Gasteiger charge is 2.35. The van der Waals surface area contributed by atoms with Gasteiger partial charge in [-0.15, -0.1) is 0 Å². The molecule has 1 heterocycles. The minimum atomic E-state index is -0.950. The van der Waals surface area contributed by atoms with E-state index in [0.717, 1.165) is 36.8 Å². The third-order valence-electron chi connectivity index (χ3n) is 7.91. The molecule has 1 fully saturated rings. The lowest BCUT2D eigenvalue weighted by atomic mass is 9.75. The van der Waals surface area contributed by atoms with Crippen LogP contribution in [0.15, 0.2) is 42.5 Å². The number of carbonyl (C=O) groups excluding carboxylic acids is 2. The largest absolute Gasteiger partial charge is 0.489 e. The second-order valence-corrected chi connectivity index (χ2v) is 11.2. The monoisotopic (exact) mass is 507 g/mol. The highest BCUT2D eigenvalue weighted by Crippen LogP contribution is 2.40. The SMILES string of the molecule is C=C(C)C(O)OCCCCCN1C(=O)c2cccc3c(OC4CC(C)CCC4C(C)C)ccc(c23)C1=O. The number of hydrogen-bond acceptors (Lipinski definition) is 5. The molecule has 1 N–H and O–H groups in total. The van der Waals surface area contributed by atoms with E-state index in [1.807, 2.05) is 30.3 Å². The van der Waals surface area contributed by atoms with Gasteiger partial charge in [-0.3, -0.25) is 14.5 Å². The van der Waals surface area contributed by atoms with E-state index in [1.165, 1.54) is 11.3 Å². The topological polar surface area (TPSA) is 76.1 Å². The van der Waals surface area contributed by atoms with E-state index in [0.29, 0.717) is 59.4 Å². The van der Waals surface area contributed by atoms with Gasteiger partial charge < -0.3 is 14.6 Å². The van der Waals surface area contributed by atoms with Gasteiger partial charge in [0.2, 0.25) is 0 Å². The first-order valence-electron chi connectivity index (χ1n) is 13.7. The number of unbranched alkanes of at least 4 members (excludes halogenated alkanes) is 2. The van der Waals surface area contributed by atoms with E-state index in [9.17, 15) is 14.7 Å². The zero-order chi connectivity index (χ0) is 26.7. The van der Waals surface area contributed by atoms with Gasteiger partial charge in [-0.1, -0.05) is 45.9 Å². The van der Waals surface area contributed by atoms with Crippen LogP contribution in [-0.2, 0) is 4.74 Å². The zero-order valence-corrected chi connectivity index (χ0v) is 22.7. The van der Waals surface area contributed by atoms with Gasteiger partial charge in [0, 0.05) is 28.4 Å². The molecule has 2 amide bonds. The minimum absolute atomic E-state index is 0.132. The molecule has 4 rings (SSSR count). The van der Waals surface area contributed by atoms with Crippen molar-refractivity contribution >= 4 is 22.6 Å². The zero-order valence-electron chi connectivity index (χ0n) is 22.7. The highest BCUT2D eigenvalue weighted by molar-refractivity contribution is 6.26. The Morgan fingerprint density at radius 3 is 2.51 bits per heavy atom. The first-order valence-corrected chi connectivity index (χ1v) is 13.7. The van der Waals surface area contributed by atoms with Crippen LogP contribution in [0.2, 0.25) is 0 Å². The van der Waals surface area contributed by atoms with Crippen LogP contribution in [-0.4, -0.2) is 47.4 Å².